The van der Waals surface area contributed by atoms with E-state index in [1.807, 2.05) is 6.92 Å². The summed E-state index contributed by atoms with van der Waals surface area (Å²) in [5, 5.41) is 11.1. The molecule has 0 atom stereocenters. The lowest BCUT2D eigenvalue weighted by molar-refractivity contribution is 0.0525. The van der Waals surface area contributed by atoms with Crippen molar-refractivity contribution in [3.05, 3.63) is 69.9 Å². The summed E-state index contributed by atoms with van der Waals surface area (Å²) in [6.07, 6.45) is 2.21. The van der Waals surface area contributed by atoms with Gasteiger partial charge in [0.05, 0.1) is 24.2 Å². The van der Waals surface area contributed by atoms with Crippen molar-refractivity contribution in [1.29, 1.82) is 0 Å². The number of ether oxygens (including phenoxy) is 1. The maximum Gasteiger partial charge on any atom is 0.341 e. The minimum atomic E-state index is -0.415. The average Bonchev–Trinajstić information content (AvgIpc) is 3.12. The molecule has 0 aliphatic rings. The van der Waals surface area contributed by atoms with Crippen LogP contribution in [0.5, 0.6) is 0 Å². The zero-order chi connectivity index (χ0) is 21.7. The smallest absolute Gasteiger partial charge is 0.341 e. The maximum atomic E-state index is 12.5. The quantitative estimate of drug-likeness (QED) is 0.601. The van der Waals surface area contributed by atoms with Crippen molar-refractivity contribution >= 4 is 17.6 Å². The number of amides is 1. The number of carbonyl (C=O) groups is 2. The number of aromatic nitrogens is 4. The van der Waals surface area contributed by atoms with Crippen LogP contribution in [-0.2, 0) is 11.3 Å². The number of hydrogen-bond donors (Lipinski definition) is 1. The van der Waals surface area contributed by atoms with Crippen molar-refractivity contribution < 1.29 is 14.3 Å². The first kappa shape index (κ1) is 21.0. The lowest BCUT2D eigenvalue weighted by atomic mass is 10.2. The third kappa shape index (κ3) is 4.45. The van der Waals surface area contributed by atoms with Gasteiger partial charge in [-0.3, -0.25) is 9.59 Å². The van der Waals surface area contributed by atoms with E-state index in [9.17, 15) is 14.4 Å². The highest BCUT2D eigenvalue weighted by Crippen LogP contribution is 2.18. The van der Waals surface area contributed by atoms with Crippen LogP contribution < -0.4 is 10.9 Å². The molecule has 9 nitrogen and oxygen atoms in total. The molecule has 0 saturated heterocycles. The van der Waals surface area contributed by atoms with Crippen LogP contribution in [0.15, 0.2) is 47.4 Å². The van der Waals surface area contributed by atoms with Crippen molar-refractivity contribution in [2.45, 2.75) is 33.7 Å². The molecule has 2 heterocycles. The first-order valence-electron chi connectivity index (χ1n) is 9.66. The predicted octanol–water partition coefficient (Wildman–Crippen LogP) is 2.58. The Hall–Kier alpha value is -3.75. The van der Waals surface area contributed by atoms with Gasteiger partial charge in [-0.05, 0) is 50.6 Å². The van der Waals surface area contributed by atoms with E-state index in [1.165, 1.54) is 23.0 Å². The number of rotatable bonds is 7. The third-order valence-corrected chi connectivity index (χ3v) is 4.41. The first-order chi connectivity index (χ1) is 14.4. The molecule has 0 aliphatic carbocycles. The molecule has 0 spiro atoms. The number of nitrogens with one attached hydrogen (secondary N) is 1. The van der Waals surface area contributed by atoms with Gasteiger partial charge in [-0.25, -0.2) is 14.2 Å². The van der Waals surface area contributed by atoms with E-state index in [-0.39, 0.29) is 11.3 Å². The summed E-state index contributed by atoms with van der Waals surface area (Å²) in [5.41, 5.74) is 2.28. The second kappa shape index (κ2) is 9.17. The van der Waals surface area contributed by atoms with Crippen molar-refractivity contribution in [3.63, 3.8) is 0 Å². The fourth-order valence-electron chi connectivity index (χ4n) is 2.90. The van der Waals surface area contributed by atoms with Crippen molar-refractivity contribution in [3.8, 4) is 5.69 Å². The van der Waals surface area contributed by atoms with Crippen molar-refractivity contribution in [2.75, 3.05) is 11.9 Å². The van der Waals surface area contributed by atoms with Crippen LogP contribution >= 0.6 is 0 Å². The van der Waals surface area contributed by atoms with E-state index < -0.39 is 11.9 Å². The van der Waals surface area contributed by atoms with E-state index >= 15 is 0 Å². The van der Waals surface area contributed by atoms with Crippen LogP contribution in [0.3, 0.4) is 0 Å². The van der Waals surface area contributed by atoms with Crippen LogP contribution in [0.4, 0.5) is 5.69 Å². The predicted molar refractivity (Wildman–Crippen MR) is 111 cm³/mol. The molecule has 156 valence electrons. The van der Waals surface area contributed by atoms with Crippen molar-refractivity contribution in [1.82, 2.24) is 19.6 Å². The zero-order valence-corrected chi connectivity index (χ0v) is 17.1. The monoisotopic (exact) mass is 409 g/mol. The molecular weight excluding hydrogens is 386 g/mol. The highest BCUT2D eigenvalue weighted by Gasteiger charge is 2.16. The number of nitrogens with zero attached hydrogens (tertiary/aromatic N) is 4. The van der Waals surface area contributed by atoms with Gasteiger partial charge < -0.3 is 10.1 Å². The Balaban J connectivity index is 1.75. The summed E-state index contributed by atoms with van der Waals surface area (Å²) in [7, 11) is 0. The number of esters is 1. The van der Waals surface area contributed by atoms with Crippen LogP contribution in [0, 0.1) is 6.92 Å². The van der Waals surface area contributed by atoms with Gasteiger partial charge in [0.25, 0.3) is 11.5 Å². The molecule has 0 radical (unpaired) electrons. The summed E-state index contributed by atoms with van der Waals surface area (Å²) < 4.78 is 7.93. The van der Waals surface area contributed by atoms with E-state index in [2.05, 4.69) is 15.5 Å². The largest absolute Gasteiger partial charge is 0.462 e. The van der Waals surface area contributed by atoms with E-state index in [1.54, 1.807) is 42.8 Å². The number of carbonyl (C=O) groups excluding carboxylic acids is 2. The molecule has 1 amide bonds. The Kier molecular flexibility index (Phi) is 6.41. The standard InChI is InChI=1S/C21H23N5O4/c1-4-12-25-19(27)11-10-18(24-25)20(28)23-15-6-8-16(9-7-15)26-14(3)17(13-22-26)21(29)30-5-2/h6-11,13H,4-5,12H2,1-3H3,(H,23,28). The van der Waals surface area contributed by atoms with Crippen molar-refractivity contribution in [2.24, 2.45) is 0 Å². The third-order valence-electron chi connectivity index (χ3n) is 4.41. The molecule has 9 heteroatoms. The van der Waals surface area contributed by atoms with E-state index in [0.717, 1.165) is 12.1 Å². The topological polar surface area (TPSA) is 108 Å². The molecule has 0 bridgehead atoms. The molecule has 1 N–H and O–H groups in total. The maximum absolute atomic E-state index is 12.5. The first-order valence-corrected chi connectivity index (χ1v) is 9.66. The summed E-state index contributed by atoms with van der Waals surface area (Å²) >= 11 is 0. The fourth-order valence-corrected chi connectivity index (χ4v) is 2.90. The second-order valence-electron chi connectivity index (χ2n) is 6.56. The second-order valence-corrected chi connectivity index (χ2v) is 6.56. The molecule has 0 aliphatic heterocycles. The van der Waals surface area contributed by atoms with Crippen LogP contribution in [0.1, 0.15) is 46.8 Å². The summed E-state index contributed by atoms with van der Waals surface area (Å²) in [4.78, 5) is 36.2. The number of aryl methyl sites for hydroxylation is 1. The Morgan fingerprint density at radius 1 is 1.10 bits per heavy atom. The van der Waals surface area contributed by atoms with E-state index in [0.29, 0.717) is 30.1 Å². The minimum absolute atomic E-state index is 0.161. The van der Waals surface area contributed by atoms with Gasteiger partial charge in [0.15, 0.2) is 0 Å². The van der Waals surface area contributed by atoms with Gasteiger partial charge in [0, 0.05) is 18.3 Å². The summed E-state index contributed by atoms with van der Waals surface area (Å²) in [5.74, 6) is -0.825. The zero-order valence-electron chi connectivity index (χ0n) is 17.1. The molecule has 30 heavy (non-hydrogen) atoms. The van der Waals surface area contributed by atoms with Gasteiger partial charge in [0.1, 0.15) is 11.3 Å². The van der Waals surface area contributed by atoms with Gasteiger partial charge in [-0.15, -0.1) is 0 Å². The molecular formula is C21H23N5O4. The van der Waals surface area contributed by atoms with Crippen LogP contribution in [0.2, 0.25) is 0 Å². The average molecular weight is 409 g/mol. The minimum Gasteiger partial charge on any atom is -0.462 e. The van der Waals surface area contributed by atoms with Gasteiger partial charge in [-0.2, -0.15) is 10.2 Å². The molecule has 0 unspecified atom stereocenters. The number of anilines is 1. The molecule has 3 aromatic rings. The lowest BCUT2D eigenvalue weighted by Gasteiger charge is -2.09. The number of benzene rings is 1. The molecule has 3 rings (SSSR count). The normalized spacial score (nSPS) is 10.6. The molecule has 1 aromatic carbocycles. The SMILES string of the molecule is CCCn1nc(C(=O)Nc2ccc(-n3ncc(C(=O)OCC)c3C)cc2)ccc1=O. The van der Waals surface area contributed by atoms with Gasteiger partial charge >= 0.3 is 5.97 Å². The van der Waals surface area contributed by atoms with E-state index in [4.69, 9.17) is 4.74 Å². The Morgan fingerprint density at radius 3 is 2.50 bits per heavy atom. The molecule has 2 aromatic heterocycles. The van der Waals surface area contributed by atoms with Crippen LogP contribution in [-0.4, -0.2) is 38.0 Å². The van der Waals surface area contributed by atoms with Gasteiger partial charge in [0.2, 0.25) is 0 Å². The highest BCUT2D eigenvalue weighted by atomic mass is 16.5. The Bertz CT molecular complexity index is 1120. The summed E-state index contributed by atoms with van der Waals surface area (Å²) in [6.45, 7) is 6.21. The Morgan fingerprint density at radius 2 is 1.83 bits per heavy atom. The lowest BCUT2D eigenvalue weighted by Crippen LogP contribution is -2.26. The Labute approximate surface area is 173 Å². The van der Waals surface area contributed by atoms with Crippen LogP contribution in [0.25, 0.3) is 5.69 Å². The summed E-state index contributed by atoms with van der Waals surface area (Å²) in [6, 6.07) is 9.73. The fraction of sp³-hybridized carbons (Fsp3) is 0.286. The highest BCUT2D eigenvalue weighted by molar-refractivity contribution is 6.02. The molecule has 0 saturated carbocycles. The number of hydrogen-bond acceptors (Lipinski definition) is 6. The molecule has 0 fully saturated rings. The van der Waals surface area contributed by atoms with Gasteiger partial charge in [-0.1, -0.05) is 6.92 Å².